The molecule has 36 heavy (non-hydrogen) atoms. The largest absolute Gasteiger partial charge is 0.481 e. The molecule has 2 bridgehead atoms. The van der Waals surface area contributed by atoms with Gasteiger partial charge in [0.1, 0.15) is 0 Å². The first-order chi connectivity index (χ1) is 17.5. The summed E-state index contributed by atoms with van der Waals surface area (Å²) in [5, 5.41) is 8.80. The van der Waals surface area contributed by atoms with Gasteiger partial charge in [-0.15, -0.1) is 0 Å². The van der Waals surface area contributed by atoms with Gasteiger partial charge in [0.25, 0.3) is 0 Å². The van der Waals surface area contributed by atoms with Crippen LogP contribution in [0, 0.1) is 11.8 Å². The normalized spacial score (nSPS) is 29.6. The Bertz CT molecular complexity index is 880. The number of nitrogens with zero attached hydrogens (tertiary/aromatic N) is 2. The Balaban J connectivity index is 0.000000325. The van der Waals surface area contributed by atoms with Gasteiger partial charge >= 0.3 is 12.0 Å². The van der Waals surface area contributed by atoms with Gasteiger partial charge in [-0.25, -0.2) is 4.79 Å². The molecule has 0 aromatic heterocycles. The summed E-state index contributed by atoms with van der Waals surface area (Å²) in [5.74, 6) is 0.494. The molecule has 198 valence electrons. The summed E-state index contributed by atoms with van der Waals surface area (Å²) in [7, 11) is 0. The highest BCUT2D eigenvalue weighted by Gasteiger charge is 2.59. The first-order valence-corrected chi connectivity index (χ1v) is 13.8. The van der Waals surface area contributed by atoms with Gasteiger partial charge in [0.15, 0.2) is 0 Å². The zero-order valence-electron chi connectivity index (χ0n) is 21.5. The molecule has 4 aliphatic rings. The number of carboxylic acid groups (broad SMARTS) is 1. The molecule has 7 heteroatoms. The van der Waals surface area contributed by atoms with Crippen molar-refractivity contribution in [2.24, 2.45) is 17.6 Å². The van der Waals surface area contributed by atoms with Gasteiger partial charge in [-0.1, -0.05) is 42.5 Å². The summed E-state index contributed by atoms with van der Waals surface area (Å²) < 4.78 is 6.32. The van der Waals surface area contributed by atoms with Crippen LogP contribution in [0.3, 0.4) is 0 Å². The number of hydrogen-bond donors (Lipinski definition) is 2. The number of aliphatic carboxylic acids is 1. The Kier molecular flexibility index (Phi) is 9.43. The summed E-state index contributed by atoms with van der Waals surface area (Å²) >= 11 is 0. The number of fused-ring (bicyclic) bond motifs is 2. The second kappa shape index (κ2) is 12.7. The molecule has 3 aliphatic heterocycles. The fraction of sp³-hybridized carbons (Fsp3) is 0.655. The zero-order chi connectivity index (χ0) is 25.4. The fourth-order valence-corrected chi connectivity index (χ4v) is 6.70. The molecule has 3 heterocycles. The molecular weight excluding hydrogens is 454 g/mol. The van der Waals surface area contributed by atoms with Crippen molar-refractivity contribution in [2.75, 3.05) is 39.3 Å². The first kappa shape index (κ1) is 26.7. The molecule has 4 atom stereocenters. The van der Waals surface area contributed by atoms with Crippen LogP contribution in [0.25, 0.3) is 0 Å². The van der Waals surface area contributed by atoms with E-state index in [4.69, 9.17) is 15.6 Å². The van der Waals surface area contributed by atoms with Crippen LogP contribution >= 0.6 is 0 Å². The third-order valence-corrected chi connectivity index (χ3v) is 8.58. The lowest BCUT2D eigenvalue weighted by Crippen LogP contribution is -2.43. The van der Waals surface area contributed by atoms with E-state index in [2.05, 4.69) is 47.4 Å². The van der Waals surface area contributed by atoms with E-state index in [1.807, 2.05) is 0 Å². The van der Waals surface area contributed by atoms with Gasteiger partial charge in [-0.05, 0) is 75.9 Å². The number of rotatable bonds is 9. The average Bonchev–Trinajstić information content (AvgIpc) is 3.68. The Morgan fingerprint density at radius 2 is 1.75 bits per heavy atom. The topological polar surface area (TPSA) is 96.1 Å². The van der Waals surface area contributed by atoms with Crippen molar-refractivity contribution in [3.63, 3.8) is 0 Å². The monoisotopic (exact) mass is 497 g/mol. The number of carboxylic acids is 1. The van der Waals surface area contributed by atoms with Crippen LogP contribution in [0.5, 0.6) is 0 Å². The third-order valence-electron chi connectivity index (χ3n) is 8.58. The van der Waals surface area contributed by atoms with E-state index in [0.29, 0.717) is 17.9 Å². The molecule has 1 saturated carbocycles. The molecule has 4 fully saturated rings. The number of hydrogen-bond acceptors (Lipinski definition) is 4. The summed E-state index contributed by atoms with van der Waals surface area (Å²) in [6, 6.07) is 10.7. The van der Waals surface area contributed by atoms with Crippen molar-refractivity contribution in [1.82, 2.24) is 9.80 Å². The highest BCUT2D eigenvalue weighted by molar-refractivity contribution is 5.72. The van der Waals surface area contributed by atoms with E-state index in [9.17, 15) is 9.59 Å². The molecule has 5 rings (SSSR count). The van der Waals surface area contributed by atoms with Gasteiger partial charge in [-0.3, -0.25) is 4.79 Å². The summed E-state index contributed by atoms with van der Waals surface area (Å²) in [6.07, 6.45) is 13.8. The first-order valence-electron chi connectivity index (χ1n) is 13.8. The number of nitrogens with two attached hydrogens (primary N) is 1. The summed E-state index contributed by atoms with van der Waals surface area (Å²) in [4.78, 5) is 25.3. The number of primary amides is 1. The lowest BCUT2D eigenvalue weighted by molar-refractivity contribution is -0.137. The molecule has 2 amide bonds. The molecule has 0 spiro atoms. The summed E-state index contributed by atoms with van der Waals surface area (Å²) in [6.45, 7) is 6.19. The fourth-order valence-electron chi connectivity index (χ4n) is 6.70. The number of carbonyl (C=O) groups excluding carboxylic acids is 1. The van der Waals surface area contributed by atoms with Gasteiger partial charge in [0, 0.05) is 37.4 Å². The van der Waals surface area contributed by atoms with Crippen molar-refractivity contribution < 1.29 is 19.4 Å². The molecule has 7 nitrogen and oxygen atoms in total. The van der Waals surface area contributed by atoms with Gasteiger partial charge in [-0.2, -0.15) is 0 Å². The van der Waals surface area contributed by atoms with Gasteiger partial charge in [0.2, 0.25) is 0 Å². The molecule has 0 radical (unpaired) electrons. The molecule has 0 unspecified atom stereocenters. The number of benzene rings is 1. The molecule has 3 N–H and O–H groups in total. The van der Waals surface area contributed by atoms with Crippen molar-refractivity contribution in [3.05, 3.63) is 48.0 Å². The lowest BCUT2D eigenvalue weighted by Gasteiger charge is -2.40. The smallest absolute Gasteiger partial charge is 0.314 e. The number of amides is 2. The van der Waals surface area contributed by atoms with Crippen molar-refractivity contribution in [1.29, 1.82) is 0 Å². The van der Waals surface area contributed by atoms with Crippen molar-refractivity contribution in [2.45, 2.75) is 69.3 Å². The maximum Gasteiger partial charge on any atom is 0.314 e. The molecule has 1 aromatic rings. The number of carbonyl (C=O) groups is 2. The Labute approximate surface area is 215 Å². The van der Waals surface area contributed by atoms with Gasteiger partial charge < -0.3 is 25.4 Å². The van der Waals surface area contributed by atoms with E-state index in [1.165, 1.54) is 31.5 Å². The van der Waals surface area contributed by atoms with Crippen LogP contribution in [0.4, 0.5) is 4.79 Å². The highest BCUT2D eigenvalue weighted by atomic mass is 16.5. The lowest BCUT2D eigenvalue weighted by atomic mass is 9.69. The zero-order valence-corrected chi connectivity index (χ0v) is 21.5. The molecule has 1 aromatic carbocycles. The number of urea groups is 1. The van der Waals surface area contributed by atoms with E-state index in [0.717, 1.165) is 64.8 Å². The predicted octanol–water partition coefficient (Wildman–Crippen LogP) is 4.42. The quantitative estimate of drug-likeness (QED) is 0.389. The minimum atomic E-state index is -0.702. The average molecular weight is 498 g/mol. The van der Waals surface area contributed by atoms with Crippen LogP contribution in [-0.4, -0.2) is 72.3 Å². The number of allylic oxidation sites excluding steroid dienone is 2. The standard InChI is InChI=1S/C24H33NO3.C5H10N2O/c26-23(27)13-7-2-1-6-12-21-20(17-25-14-8-9-15-25)22-16-24(21,18-28-22)19-10-4-3-5-11-19;6-5(8)7-3-1-2-4-7/h1,3-6,10-11,20-22H,2,7-9,12-18H2,(H,26,27);1-4H2,(H2,6,8)/b6-1-;/t20-,21-,22-,24-;/m0./s1. The minimum Gasteiger partial charge on any atom is -0.481 e. The second-order valence-electron chi connectivity index (χ2n) is 10.9. The Morgan fingerprint density at radius 3 is 2.39 bits per heavy atom. The third kappa shape index (κ3) is 6.48. The van der Waals surface area contributed by atoms with E-state index < -0.39 is 5.97 Å². The van der Waals surface area contributed by atoms with Crippen LogP contribution in [-0.2, 0) is 14.9 Å². The van der Waals surface area contributed by atoms with E-state index in [-0.39, 0.29) is 17.9 Å². The Morgan fingerprint density at radius 1 is 1.06 bits per heavy atom. The van der Waals surface area contributed by atoms with Crippen molar-refractivity contribution in [3.8, 4) is 0 Å². The molecule has 3 saturated heterocycles. The van der Waals surface area contributed by atoms with E-state index in [1.54, 1.807) is 4.90 Å². The number of likely N-dealkylation sites (tertiary alicyclic amines) is 2. The molecule has 1 aliphatic carbocycles. The van der Waals surface area contributed by atoms with Gasteiger partial charge in [0.05, 0.1) is 12.7 Å². The minimum absolute atomic E-state index is 0.141. The van der Waals surface area contributed by atoms with Crippen LogP contribution < -0.4 is 5.73 Å². The van der Waals surface area contributed by atoms with Crippen LogP contribution in [0.2, 0.25) is 0 Å². The maximum absolute atomic E-state index is 10.7. The molecular formula is C29H43N3O4. The summed E-state index contributed by atoms with van der Waals surface area (Å²) in [5.41, 5.74) is 6.56. The van der Waals surface area contributed by atoms with E-state index >= 15 is 0 Å². The van der Waals surface area contributed by atoms with Crippen LogP contribution in [0.1, 0.15) is 63.4 Å². The predicted molar refractivity (Wildman–Crippen MR) is 141 cm³/mol. The van der Waals surface area contributed by atoms with Crippen LogP contribution in [0.15, 0.2) is 42.5 Å². The highest BCUT2D eigenvalue weighted by Crippen LogP contribution is 2.56. The SMILES string of the molecule is NC(=O)N1CCCC1.O=C(O)CCC/C=C\C[C@H]1[C@H](CN2CCCC2)[C@@H]2C[C@@]1(c1ccccc1)CO2. The number of ether oxygens (including phenoxy) is 1. The van der Waals surface area contributed by atoms with Crippen molar-refractivity contribution >= 4 is 12.0 Å². The maximum atomic E-state index is 10.7. The number of unbranched alkanes of at least 4 members (excludes halogenated alkanes) is 1. The Hall–Kier alpha value is -2.38. The second-order valence-corrected chi connectivity index (χ2v) is 10.9.